The molecule has 3 aliphatic rings. The van der Waals surface area contributed by atoms with Crippen molar-refractivity contribution < 1.29 is 19.1 Å². The molecule has 0 aromatic heterocycles. The molecule has 1 aliphatic carbocycles. The van der Waals surface area contributed by atoms with Gasteiger partial charge < -0.3 is 19.7 Å². The SMILES string of the molecule is COc1cc2c(cc1/C=C/C(=O)N1CCN(CC(=O)NC3CC3)CC1)OC(C)C2. The fourth-order valence-electron chi connectivity index (χ4n) is 3.86. The lowest BCUT2D eigenvalue weighted by Gasteiger charge is -2.33. The van der Waals surface area contributed by atoms with E-state index in [-0.39, 0.29) is 17.9 Å². The summed E-state index contributed by atoms with van der Waals surface area (Å²) in [5.41, 5.74) is 1.98. The first kappa shape index (κ1) is 19.8. The van der Waals surface area contributed by atoms with Gasteiger partial charge in [0, 0.05) is 55.8 Å². The van der Waals surface area contributed by atoms with Gasteiger partial charge >= 0.3 is 0 Å². The Morgan fingerprint density at radius 2 is 2.00 bits per heavy atom. The van der Waals surface area contributed by atoms with Crippen LogP contribution in [0.15, 0.2) is 18.2 Å². The number of carbonyl (C=O) groups excluding carboxylic acids is 2. The lowest BCUT2D eigenvalue weighted by Crippen LogP contribution is -2.51. The Balaban J connectivity index is 1.31. The zero-order valence-corrected chi connectivity index (χ0v) is 17.1. The maximum absolute atomic E-state index is 12.6. The van der Waals surface area contributed by atoms with Gasteiger partial charge in [0.2, 0.25) is 11.8 Å². The van der Waals surface area contributed by atoms with Gasteiger partial charge in [0.1, 0.15) is 17.6 Å². The number of piperazine rings is 1. The molecular formula is C22H29N3O4. The second-order valence-electron chi connectivity index (χ2n) is 8.11. The smallest absolute Gasteiger partial charge is 0.246 e. The van der Waals surface area contributed by atoms with Gasteiger partial charge in [-0.15, -0.1) is 0 Å². The summed E-state index contributed by atoms with van der Waals surface area (Å²) in [5.74, 6) is 1.68. The molecule has 29 heavy (non-hydrogen) atoms. The zero-order valence-electron chi connectivity index (χ0n) is 17.1. The van der Waals surface area contributed by atoms with Gasteiger partial charge in [0.05, 0.1) is 13.7 Å². The van der Waals surface area contributed by atoms with E-state index >= 15 is 0 Å². The van der Waals surface area contributed by atoms with E-state index < -0.39 is 0 Å². The van der Waals surface area contributed by atoms with Crippen LogP contribution in [0.4, 0.5) is 0 Å². The van der Waals surface area contributed by atoms with Crippen LogP contribution >= 0.6 is 0 Å². The second-order valence-corrected chi connectivity index (χ2v) is 8.11. The van der Waals surface area contributed by atoms with Crippen LogP contribution in [0.1, 0.15) is 30.9 Å². The molecule has 0 bridgehead atoms. The van der Waals surface area contributed by atoms with Crippen molar-refractivity contribution in [2.45, 2.75) is 38.3 Å². The van der Waals surface area contributed by atoms with Crippen LogP contribution in [0, 0.1) is 0 Å². The molecule has 0 radical (unpaired) electrons. The van der Waals surface area contributed by atoms with E-state index in [1.807, 2.05) is 24.0 Å². The fraction of sp³-hybridized carbons (Fsp3) is 0.545. The molecule has 2 fully saturated rings. The van der Waals surface area contributed by atoms with Gasteiger partial charge in [0.25, 0.3) is 0 Å². The first-order valence-electron chi connectivity index (χ1n) is 10.4. The minimum atomic E-state index is -0.0241. The molecule has 1 saturated carbocycles. The Kier molecular flexibility index (Phi) is 5.76. The van der Waals surface area contributed by atoms with Crippen molar-refractivity contribution in [3.8, 4) is 11.5 Å². The van der Waals surface area contributed by atoms with Gasteiger partial charge in [-0.2, -0.15) is 0 Å². The molecule has 7 nitrogen and oxygen atoms in total. The molecule has 0 spiro atoms. The molecule has 7 heteroatoms. The molecular weight excluding hydrogens is 370 g/mol. The number of methoxy groups -OCH3 is 1. The molecule has 156 valence electrons. The number of nitrogens with one attached hydrogen (secondary N) is 1. The zero-order chi connectivity index (χ0) is 20.4. The van der Waals surface area contributed by atoms with Crippen molar-refractivity contribution >= 4 is 17.9 Å². The number of nitrogens with zero attached hydrogens (tertiary/aromatic N) is 2. The quantitative estimate of drug-likeness (QED) is 0.734. The number of benzene rings is 1. The van der Waals surface area contributed by atoms with E-state index in [0.29, 0.717) is 38.8 Å². The molecule has 1 saturated heterocycles. The highest BCUT2D eigenvalue weighted by molar-refractivity contribution is 5.92. The second kappa shape index (κ2) is 8.45. The van der Waals surface area contributed by atoms with Gasteiger partial charge in [-0.3, -0.25) is 14.5 Å². The first-order valence-corrected chi connectivity index (χ1v) is 10.4. The van der Waals surface area contributed by atoms with Gasteiger partial charge in [0.15, 0.2) is 0 Å². The normalized spacial score (nSPS) is 21.7. The summed E-state index contributed by atoms with van der Waals surface area (Å²) in [6.45, 7) is 5.14. The standard InChI is InChI=1S/C22H29N3O4/c1-15-11-17-13-19(28-2)16(12-20(17)29-15)3-6-22(27)25-9-7-24(8-10-25)14-21(26)23-18-4-5-18/h3,6,12-13,15,18H,4-5,7-11,14H2,1-2H3,(H,23,26)/b6-3+. The van der Waals surface area contributed by atoms with E-state index in [1.165, 1.54) is 0 Å². The summed E-state index contributed by atoms with van der Waals surface area (Å²) >= 11 is 0. The van der Waals surface area contributed by atoms with E-state index in [9.17, 15) is 9.59 Å². The Labute approximate surface area is 171 Å². The molecule has 1 N–H and O–H groups in total. The lowest BCUT2D eigenvalue weighted by atomic mass is 10.1. The van der Waals surface area contributed by atoms with Crippen LogP contribution in [0.25, 0.3) is 6.08 Å². The van der Waals surface area contributed by atoms with Crippen molar-refractivity contribution in [1.29, 1.82) is 0 Å². The average molecular weight is 399 g/mol. The summed E-state index contributed by atoms with van der Waals surface area (Å²) in [7, 11) is 1.64. The highest BCUT2D eigenvalue weighted by Gasteiger charge is 2.26. The van der Waals surface area contributed by atoms with Crippen LogP contribution in [0.5, 0.6) is 11.5 Å². The van der Waals surface area contributed by atoms with Gasteiger partial charge in [-0.1, -0.05) is 0 Å². The molecule has 1 atom stereocenters. The molecule has 1 aromatic carbocycles. The number of fused-ring (bicyclic) bond motifs is 1. The van der Waals surface area contributed by atoms with Gasteiger partial charge in [-0.25, -0.2) is 0 Å². The Morgan fingerprint density at radius 1 is 1.24 bits per heavy atom. The van der Waals surface area contributed by atoms with Crippen LogP contribution < -0.4 is 14.8 Å². The Bertz CT molecular complexity index is 811. The molecule has 2 heterocycles. The van der Waals surface area contributed by atoms with Gasteiger partial charge in [-0.05, 0) is 38.0 Å². The topological polar surface area (TPSA) is 71.1 Å². The van der Waals surface area contributed by atoms with Crippen molar-refractivity contribution in [1.82, 2.24) is 15.1 Å². The van der Waals surface area contributed by atoms with Crippen LogP contribution in [-0.4, -0.2) is 73.6 Å². The lowest BCUT2D eigenvalue weighted by molar-refractivity contribution is -0.128. The predicted molar refractivity (Wildman–Crippen MR) is 110 cm³/mol. The molecule has 1 aromatic rings. The third kappa shape index (κ3) is 4.90. The van der Waals surface area contributed by atoms with Crippen molar-refractivity contribution in [2.75, 3.05) is 39.8 Å². The summed E-state index contributed by atoms with van der Waals surface area (Å²) in [4.78, 5) is 28.5. The van der Waals surface area contributed by atoms with E-state index in [2.05, 4.69) is 10.2 Å². The van der Waals surface area contributed by atoms with Crippen molar-refractivity contribution in [3.05, 3.63) is 29.3 Å². The largest absolute Gasteiger partial charge is 0.496 e. The highest BCUT2D eigenvalue weighted by Crippen LogP contribution is 2.35. The number of rotatable bonds is 6. The molecule has 2 aliphatic heterocycles. The maximum Gasteiger partial charge on any atom is 0.246 e. The van der Waals surface area contributed by atoms with E-state index in [1.54, 1.807) is 19.3 Å². The van der Waals surface area contributed by atoms with E-state index in [0.717, 1.165) is 41.9 Å². The summed E-state index contributed by atoms with van der Waals surface area (Å²) < 4.78 is 11.3. The average Bonchev–Trinajstić information content (AvgIpc) is 3.44. The third-order valence-corrected chi connectivity index (χ3v) is 5.65. The van der Waals surface area contributed by atoms with Crippen molar-refractivity contribution in [3.63, 3.8) is 0 Å². The number of ether oxygens (including phenoxy) is 2. The van der Waals surface area contributed by atoms with Crippen LogP contribution in [0.2, 0.25) is 0 Å². The number of hydrogen-bond acceptors (Lipinski definition) is 5. The first-order chi connectivity index (χ1) is 14.0. The predicted octanol–water partition coefficient (Wildman–Crippen LogP) is 1.45. The number of hydrogen-bond donors (Lipinski definition) is 1. The van der Waals surface area contributed by atoms with E-state index in [4.69, 9.17) is 9.47 Å². The molecule has 2 amide bonds. The fourth-order valence-corrected chi connectivity index (χ4v) is 3.86. The third-order valence-electron chi connectivity index (χ3n) is 5.65. The molecule has 4 rings (SSSR count). The minimum absolute atomic E-state index is 0.0241. The van der Waals surface area contributed by atoms with Crippen molar-refractivity contribution in [2.24, 2.45) is 0 Å². The maximum atomic E-state index is 12.6. The number of carbonyl (C=O) groups is 2. The summed E-state index contributed by atoms with van der Waals surface area (Å²) in [6, 6.07) is 4.33. The highest BCUT2D eigenvalue weighted by atomic mass is 16.5. The summed E-state index contributed by atoms with van der Waals surface area (Å²) in [6.07, 6.45) is 6.62. The molecule has 1 unspecified atom stereocenters. The monoisotopic (exact) mass is 399 g/mol. The van der Waals surface area contributed by atoms with Crippen LogP contribution in [0.3, 0.4) is 0 Å². The summed E-state index contributed by atoms with van der Waals surface area (Å²) in [5, 5.41) is 3.01. The Hall–Kier alpha value is -2.54. The van der Waals surface area contributed by atoms with Crippen LogP contribution in [-0.2, 0) is 16.0 Å². The Morgan fingerprint density at radius 3 is 2.69 bits per heavy atom. The minimum Gasteiger partial charge on any atom is -0.496 e. The number of amides is 2.